The van der Waals surface area contributed by atoms with E-state index in [2.05, 4.69) is 4.74 Å². The van der Waals surface area contributed by atoms with Crippen LogP contribution in [0.25, 0.3) is 0 Å². The van der Waals surface area contributed by atoms with E-state index >= 15 is 0 Å². The SMILES string of the molecule is COC(=O)[C@@](C)(N)c1ccc(OC(C)C)cc1. The maximum atomic E-state index is 11.5. The van der Waals surface area contributed by atoms with E-state index in [0.717, 1.165) is 5.75 Å². The fourth-order valence-corrected chi connectivity index (χ4v) is 1.48. The molecule has 1 atom stereocenters. The van der Waals surface area contributed by atoms with E-state index in [-0.39, 0.29) is 6.10 Å². The molecule has 1 aromatic rings. The van der Waals surface area contributed by atoms with E-state index in [1.54, 1.807) is 31.2 Å². The Morgan fingerprint density at radius 3 is 2.24 bits per heavy atom. The van der Waals surface area contributed by atoms with Gasteiger partial charge in [-0.3, -0.25) is 0 Å². The van der Waals surface area contributed by atoms with Crippen molar-refractivity contribution in [2.75, 3.05) is 7.11 Å². The number of carbonyl (C=O) groups excluding carboxylic acids is 1. The zero-order chi connectivity index (χ0) is 13.1. The zero-order valence-electron chi connectivity index (χ0n) is 10.7. The van der Waals surface area contributed by atoms with Crippen LogP contribution >= 0.6 is 0 Å². The minimum Gasteiger partial charge on any atom is -0.491 e. The Hall–Kier alpha value is -1.55. The van der Waals surface area contributed by atoms with Gasteiger partial charge in [0.1, 0.15) is 11.3 Å². The number of hydrogen-bond donors (Lipinski definition) is 1. The van der Waals surface area contributed by atoms with Crippen molar-refractivity contribution in [1.29, 1.82) is 0 Å². The van der Waals surface area contributed by atoms with Crippen molar-refractivity contribution in [2.45, 2.75) is 32.4 Å². The minimum atomic E-state index is -1.13. The van der Waals surface area contributed by atoms with Crippen molar-refractivity contribution >= 4 is 5.97 Å². The standard InChI is InChI=1S/C13H19NO3/c1-9(2)17-11-7-5-10(6-8-11)13(3,14)12(15)16-4/h5-9H,14H2,1-4H3/t13-/m0/s1. The summed E-state index contributed by atoms with van der Waals surface area (Å²) in [5.74, 6) is 0.291. The lowest BCUT2D eigenvalue weighted by Gasteiger charge is -2.22. The highest BCUT2D eigenvalue weighted by Crippen LogP contribution is 2.22. The van der Waals surface area contributed by atoms with Crippen molar-refractivity contribution in [3.63, 3.8) is 0 Å². The molecule has 94 valence electrons. The van der Waals surface area contributed by atoms with Gasteiger partial charge < -0.3 is 15.2 Å². The topological polar surface area (TPSA) is 61.5 Å². The van der Waals surface area contributed by atoms with Gasteiger partial charge in [-0.1, -0.05) is 12.1 Å². The Labute approximate surface area is 102 Å². The van der Waals surface area contributed by atoms with Crippen LogP contribution in [0.5, 0.6) is 5.75 Å². The van der Waals surface area contributed by atoms with Gasteiger partial charge in [0.05, 0.1) is 13.2 Å². The smallest absolute Gasteiger partial charge is 0.330 e. The molecular weight excluding hydrogens is 218 g/mol. The molecule has 0 spiro atoms. The molecule has 0 aliphatic carbocycles. The number of hydrogen-bond acceptors (Lipinski definition) is 4. The third-order valence-electron chi connectivity index (χ3n) is 2.44. The van der Waals surface area contributed by atoms with E-state index in [1.165, 1.54) is 7.11 Å². The second kappa shape index (κ2) is 5.19. The molecule has 0 radical (unpaired) electrons. The summed E-state index contributed by atoms with van der Waals surface area (Å²) in [5.41, 5.74) is 5.49. The predicted octanol–water partition coefficient (Wildman–Crippen LogP) is 1.82. The van der Waals surface area contributed by atoms with Gasteiger partial charge in [-0.15, -0.1) is 0 Å². The number of benzene rings is 1. The average Bonchev–Trinajstić information content (AvgIpc) is 2.27. The second-order valence-electron chi connectivity index (χ2n) is 4.38. The molecule has 0 fully saturated rings. The highest BCUT2D eigenvalue weighted by Gasteiger charge is 2.31. The van der Waals surface area contributed by atoms with Crippen molar-refractivity contribution in [2.24, 2.45) is 5.73 Å². The number of methoxy groups -OCH3 is 1. The Morgan fingerprint density at radius 1 is 1.29 bits per heavy atom. The summed E-state index contributed by atoms with van der Waals surface area (Å²) in [6, 6.07) is 7.13. The van der Waals surface area contributed by atoms with Gasteiger partial charge >= 0.3 is 5.97 Å². The fraction of sp³-hybridized carbons (Fsp3) is 0.462. The third-order valence-corrected chi connectivity index (χ3v) is 2.44. The predicted molar refractivity (Wildman–Crippen MR) is 65.8 cm³/mol. The molecule has 0 aromatic heterocycles. The third kappa shape index (κ3) is 3.20. The van der Waals surface area contributed by atoms with Crippen molar-refractivity contribution in [3.8, 4) is 5.75 Å². The number of nitrogens with two attached hydrogens (primary N) is 1. The fourth-order valence-electron chi connectivity index (χ4n) is 1.48. The molecule has 17 heavy (non-hydrogen) atoms. The van der Waals surface area contributed by atoms with Crippen LogP contribution in [-0.2, 0) is 15.1 Å². The molecular formula is C13H19NO3. The van der Waals surface area contributed by atoms with Crippen molar-refractivity contribution < 1.29 is 14.3 Å². The number of rotatable bonds is 4. The normalized spacial score (nSPS) is 14.2. The highest BCUT2D eigenvalue weighted by molar-refractivity contribution is 5.81. The number of esters is 1. The van der Waals surface area contributed by atoms with E-state index in [9.17, 15) is 4.79 Å². The Morgan fingerprint density at radius 2 is 1.82 bits per heavy atom. The summed E-state index contributed by atoms with van der Waals surface area (Å²) >= 11 is 0. The Balaban J connectivity index is 2.90. The van der Waals surface area contributed by atoms with Gasteiger partial charge in [0.15, 0.2) is 0 Å². The average molecular weight is 237 g/mol. The maximum absolute atomic E-state index is 11.5. The molecule has 4 heteroatoms. The van der Waals surface area contributed by atoms with Gasteiger partial charge in [-0.2, -0.15) is 0 Å². The number of ether oxygens (including phenoxy) is 2. The second-order valence-corrected chi connectivity index (χ2v) is 4.38. The van der Waals surface area contributed by atoms with Crippen LogP contribution in [0.1, 0.15) is 26.3 Å². The molecule has 0 unspecified atom stereocenters. The van der Waals surface area contributed by atoms with E-state index < -0.39 is 11.5 Å². The largest absolute Gasteiger partial charge is 0.491 e. The lowest BCUT2D eigenvalue weighted by molar-refractivity contribution is -0.146. The summed E-state index contributed by atoms with van der Waals surface area (Å²) in [6.07, 6.45) is 0.116. The van der Waals surface area contributed by atoms with Gasteiger partial charge in [0, 0.05) is 0 Å². The molecule has 0 saturated heterocycles. The molecule has 2 N–H and O–H groups in total. The summed E-state index contributed by atoms with van der Waals surface area (Å²) in [6.45, 7) is 5.53. The summed E-state index contributed by atoms with van der Waals surface area (Å²) in [4.78, 5) is 11.5. The zero-order valence-corrected chi connectivity index (χ0v) is 10.7. The Kier molecular flexibility index (Phi) is 4.12. The van der Waals surface area contributed by atoms with E-state index in [1.807, 2.05) is 13.8 Å². The molecule has 0 aliphatic heterocycles. The molecule has 1 rings (SSSR count). The quantitative estimate of drug-likeness (QED) is 0.811. The van der Waals surface area contributed by atoms with E-state index in [4.69, 9.17) is 10.5 Å². The van der Waals surface area contributed by atoms with Crippen LogP contribution in [0.15, 0.2) is 24.3 Å². The molecule has 0 aliphatic rings. The van der Waals surface area contributed by atoms with Crippen LogP contribution in [0.4, 0.5) is 0 Å². The van der Waals surface area contributed by atoms with Crippen molar-refractivity contribution in [1.82, 2.24) is 0 Å². The lowest BCUT2D eigenvalue weighted by atomic mass is 9.93. The first-order valence-corrected chi connectivity index (χ1v) is 5.52. The Bertz CT molecular complexity index is 382. The van der Waals surface area contributed by atoms with Crippen molar-refractivity contribution in [3.05, 3.63) is 29.8 Å². The maximum Gasteiger partial charge on any atom is 0.330 e. The first-order valence-electron chi connectivity index (χ1n) is 5.52. The van der Waals surface area contributed by atoms with Crippen LogP contribution in [0.2, 0.25) is 0 Å². The molecule has 0 saturated carbocycles. The van der Waals surface area contributed by atoms with Gasteiger partial charge in [0.25, 0.3) is 0 Å². The summed E-state index contributed by atoms with van der Waals surface area (Å²) in [5, 5.41) is 0. The van der Waals surface area contributed by atoms with Gasteiger partial charge in [-0.25, -0.2) is 4.79 Å². The summed E-state index contributed by atoms with van der Waals surface area (Å²) < 4.78 is 10.2. The monoisotopic (exact) mass is 237 g/mol. The van der Waals surface area contributed by atoms with Crippen LogP contribution in [0.3, 0.4) is 0 Å². The van der Waals surface area contributed by atoms with Gasteiger partial charge in [0.2, 0.25) is 0 Å². The molecule has 0 bridgehead atoms. The van der Waals surface area contributed by atoms with Crippen LogP contribution in [-0.4, -0.2) is 19.2 Å². The van der Waals surface area contributed by atoms with E-state index in [0.29, 0.717) is 5.56 Å². The first kappa shape index (κ1) is 13.5. The number of carbonyl (C=O) groups is 1. The molecule has 0 amide bonds. The van der Waals surface area contributed by atoms with Gasteiger partial charge in [-0.05, 0) is 38.5 Å². The van der Waals surface area contributed by atoms with Crippen LogP contribution < -0.4 is 10.5 Å². The molecule has 0 heterocycles. The highest BCUT2D eigenvalue weighted by atomic mass is 16.5. The summed E-state index contributed by atoms with van der Waals surface area (Å²) in [7, 11) is 1.32. The lowest BCUT2D eigenvalue weighted by Crippen LogP contribution is -2.42. The molecule has 4 nitrogen and oxygen atoms in total. The molecule has 1 aromatic carbocycles. The minimum absolute atomic E-state index is 0.116. The van der Waals surface area contributed by atoms with Crippen LogP contribution in [0, 0.1) is 0 Å². The first-order chi connectivity index (χ1) is 7.87.